The Labute approximate surface area is 82.5 Å². The van der Waals surface area contributed by atoms with Gasteiger partial charge in [0.15, 0.2) is 0 Å². The van der Waals surface area contributed by atoms with Crippen LogP contribution in [0.1, 0.15) is 11.1 Å². The van der Waals surface area contributed by atoms with Gasteiger partial charge in [0, 0.05) is 17.0 Å². The van der Waals surface area contributed by atoms with Crippen molar-refractivity contribution in [3.05, 3.63) is 34.3 Å². The monoisotopic (exact) mass is 224 g/mol. The Kier molecular flexibility index (Phi) is 1.83. The lowest BCUT2D eigenvalue weighted by molar-refractivity contribution is -0.202. The third kappa shape index (κ3) is 1.13. The Hall–Kier alpha value is -0.770. The molecule has 0 aliphatic heterocycles. The van der Waals surface area contributed by atoms with Gasteiger partial charge >= 0.3 is 11.8 Å². The summed E-state index contributed by atoms with van der Waals surface area (Å²) in [7, 11) is 0. The fraction of sp³-hybridized carbons (Fsp3) is 0.333. The van der Waals surface area contributed by atoms with E-state index in [0.717, 1.165) is 6.07 Å². The van der Waals surface area contributed by atoms with E-state index in [9.17, 15) is 17.6 Å². The van der Waals surface area contributed by atoms with E-state index < -0.39 is 23.8 Å². The van der Waals surface area contributed by atoms with Crippen molar-refractivity contribution >= 4 is 11.6 Å². The average Bonchev–Trinajstić information content (AvgIpc) is 2.22. The van der Waals surface area contributed by atoms with Gasteiger partial charge in [0.1, 0.15) is 0 Å². The zero-order valence-electron chi connectivity index (χ0n) is 6.83. The summed E-state index contributed by atoms with van der Waals surface area (Å²) >= 11 is 5.47. The van der Waals surface area contributed by atoms with Crippen LogP contribution < -0.4 is 0 Å². The van der Waals surface area contributed by atoms with Crippen LogP contribution in [0.2, 0.25) is 5.02 Å². The first-order valence-corrected chi connectivity index (χ1v) is 4.27. The normalized spacial score (nSPS) is 22.1. The minimum absolute atomic E-state index is 0.0376. The van der Waals surface area contributed by atoms with Gasteiger partial charge in [-0.1, -0.05) is 17.7 Å². The third-order valence-corrected chi connectivity index (χ3v) is 2.52. The first-order valence-electron chi connectivity index (χ1n) is 3.89. The molecule has 0 spiro atoms. The van der Waals surface area contributed by atoms with E-state index in [2.05, 4.69) is 0 Å². The van der Waals surface area contributed by atoms with E-state index >= 15 is 0 Å². The minimum atomic E-state index is -4.10. The van der Waals surface area contributed by atoms with E-state index in [1.807, 2.05) is 0 Å². The number of hydrogen-bond donors (Lipinski definition) is 0. The lowest BCUT2D eigenvalue weighted by atomic mass is 10.1. The molecule has 14 heavy (non-hydrogen) atoms. The van der Waals surface area contributed by atoms with Gasteiger partial charge in [-0.25, -0.2) is 0 Å². The molecule has 1 aromatic carbocycles. The molecule has 0 nitrogen and oxygen atoms in total. The fourth-order valence-electron chi connectivity index (χ4n) is 1.54. The molecule has 0 unspecified atom stereocenters. The molecule has 0 saturated carbocycles. The SMILES string of the molecule is FC1(F)Cc2ccc(Cl)cc2C1(F)F. The molecule has 0 atom stereocenters. The number of rotatable bonds is 0. The van der Waals surface area contributed by atoms with E-state index in [4.69, 9.17) is 11.6 Å². The zero-order valence-corrected chi connectivity index (χ0v) is 7.58. The average molecular weight is 225 g/mol. The standard InChI is InChI=1S/C9H5ClF4/c10-6-2-1-5-4-8(11,12)9(13,14)7(5)3-6/h1-3H,4H2. The summed E-state index contributed by atoms with van der Waals surface area (Å²) < 4.78 is 51.9. The largest absolute Gasteiger partial charge is 0.335 e. The van der Waals surface area contributed by atoms with Crippen molar-refractivity contribution in [1.29, 1.82) is 0 Å². The first kappa shape index (κ1) is 9.77. The zero-order chi connectivity index (χ0) is 10.6. The lowest BCUT2D eigenvalue weighted by Crippen LogP contribution is -2.33. The number of alkyl halides is 4. The minimum Gasteiger partial charge on any atom is -0.199 e. The molecule has 1 aliphatic carbocycles. The van der Waals surface area contributed by atoms with Crippen LogP contribution in [0, 0.1) is 0 Å². The Morgan fingerprint density at radius 2 is 1.79 bits per heavy atom. The molecule has 0 fully saturated rings. The van der Waals surface area contributed by atoms with Gasteiger partial charge in [-0.15, -0.1) is 0 Å². The van der Waals surface area contributed by atoms with Gasteiger partial charge in [-0.2, -0.15) is 17.6 Å². The molecule has 0 amide bonds. The quantitative estimate of drug-likeness (QED) is 0.591. The number of hydrogen-bond acceptors (Lipinski definition) is 0. The maximum Gasteiger partial charge on any atom is 0.335 e. The first-order chi connectivity index (χ1) is 6.34. The Morgan fingerprint density at radius 3 is 2.43 bits per heavy atom. The van der Waals surface area contributed by atoms with Crippen LogP contribution >= 0.6 is 11.6 Å². The van der Waals surface area contributed by atoms with Gasteiger partial charge in [-0.3, -0.25) is 0 Å². The van der Waals surface area contributed by atoms with E-state index in [1.165, 1.54) is 12.1 Å². The van der Waals surface area contributed by atoms with E-state index in [-0.39, 0.29) is 10.6 Å². The maximum atomic E-state index is 13.1. The van der Waals surface area contributed by atoms with Gasteiger partial charge in [0.05, 0.1) is 0 Å². The number of benzene rings is 1. The van der Waals surface area contributed by atoms with E-state index in [1.54, 1.807) is 0 Å². The molecule has 0 radical (unpaired) electrons. The number of fused-ring (bicyclic) bond motifs is 1. The molecule has 76 valence electrons. The second-order valence-electron chi connectivity index (χ2n) is 3.26. The predicted octanol–water partition coefficient (Wildman–Crippen LogP) is 3.62. The van der Waals surface area contributed by atoms with Crippen molar-refractivity contribution < 1.29 is 17.6 Å². The van der Waals surface area contributed by atoms with Crippen LogP contribution in [0.5, 0.6) is 0 Å². The maximum absolute atomic E-state index is 13.1. The Bertz CT molecular complexity index is 386. The van der Waals surface area contributed by atoms with Crippen molar-refractivity contribution in [2.24, 2.45) is 0 Å². The summed E-state index contributed by atoms with van der Waals surface area (Å²) in [5.41, 5.74) is -0.695. The molecule has 0 saturated heterocycles. The molecular formula is C9H5ClF4. The summed E-state index contributed by atoms with van der Waals surface area (Å²) in [5, 5.41) is 0.0427. The second-order valence-corrected chi connectivity index (χ2v) is 3.69. The predicted molar refractivity (Wildman–Crippen MR) is 44.0 cm³/mol. The topological polar surface area (TPSA) is 0 Å². The molecule has 1 aliphatic rings. The van der Waals surface area contributed by atoms with E-state index in [0.29, 0.717) is 0 Å². The molecule has 5 heteroatoms. The highest BCUT2D eigenvalue weighted by Crippen LogP contribution is 2.52. The molecule has 1 aromatic rings. The Morgan fingerprint density at radius 1 is 1.14 bits per heavy atom. The van der Waals surface area contributed by atoms with Crippen LogP contribution in [0.15, 0.2) is 18.2 Å². The third-order valence-electron chi connectivity index (χ3n) is 2.28. The summed E-state index contributed by atoms with van der Waals surface area (Å²) in [6.07, 6.45) is -0.924. The number of halogens is 5. The summed E-state index contributed by atoms with van der Waals surface area (Å²) in [6.45, 7) is 0. The van der Waals surface area contributed by atoms with Crippen LogP contribution in [0.3, 0.4) is 0 Å². The molecular weight excluding hydrogens is 220 g/mol. The molecule has 0 N–H and O–H groups in total. The molecule has 0 heterocycles. The van der Waals surface area contributed by atoms with Crippen molar-refractivity contribution in [3.8, 4) is 0 Å². The Balaban J connectivity index is 2.62. The highest BCUT2D eigenvalue weighted by Gasteiger charge is 2.62. The van der Waals surface area contributed by atoms with Gasteiger partial charge in [-0.05, 0) is 17.7 Å². The summed E-state index contributed by atoms with van der Waals surface area (Å²) in [5.74, 6) is -8.10. The van der Waals surface area contributed by atoms with Crippen LogP contribution in [-0.2, 0) is 12.3 Å². The van der Waals surface area contributed by atoms with Crippen LogP contribution in [0.25, 0.3) is 0 Å². The van der Waals surface area contributed by atoms with Crippen molar-refractivity contribution in [3.63, 3.8) is 0 Å². The smallest absolute Gasteiger partial charge is 0.199 e. The molecule has 0 aromatic heterocycles. The van der Waals surface area contributed by atoms with Crippen LogP contribution in [0.4, 0.5) is 17.6 Å². The van der Waals surface area contributed by atoms with Crippen molar-refractivity contribution in [2.45, 2.75) is 18.3 Å². The fourth-order valence-corrected chi connectivity index (χ4v) is 1.71. The summed E-state index contributed by atoms with van der Waals surface area (Å²) in [4.78, 5) is 0. The highest BCUT2D eigenvalue weighted by molar-refractivity contribution is 6.30. The van der Waals surface area contributed by atoms with Crippen molar-refractivity contribution in [2.75, 3.05) is 0 Å². The van der Waals surface area contributed by atoms with Crippen LogP contribution in [-0.4, -0.2) is 5.92 Å². The lowest BCUT2D eigenvalue weighted by Gasteiger charge is -2.18. The van der Waals surface area contributed by atoms with Crippen molar-refractivity contribution in [1.82, 2.24) is 0 Å². The highest BCUT2D eigenvalue weighted by atomic mass is 35.5. The van der Waals surface area contributed by atoms with Gasteiger partial charge in [0.25, 0.3) is 0 Å². The second kappa shape index (κ2) is 2.63. The summed E-state index contributed by atoms with van der Waals surface area (Å²) in [6, 6.07) is 3.45. The van der Waals surface area contributed by atoms with Gasteiger partial charge < -0.3 is 0 Å². The molecule has 0 bridgehead atoms. The molecule has 2 rings (SSSR count). The van der Waals surface area contributed by atoms with Gasteiger partial charge in [0.2, 0.25) is 0 Å².